The van der Waals surface area contributed by atoms with Crippen LogP contribution in [0, 0.1) is 11.3 Å². The molecule has 1 N–H and O–H groups in total. The Morgan fingerprint density at radius 2 is 1.64 bits per heavy atom. The minimum atomic E-state index is -4.83. The summed E-state index contributed by atoms with van der Waals surface area (Å²) in [4.78, 5) is 18.2. The molecule has 6 aromatic rings. The second-order valence-corrected chi connectivity index (χ2v) is 11.5. The molecule has 47 heavy (non-hydrogen) atoms. The number of alkyl halides is 3. The Hall–Kier alpha value is -5.70. The van der Waals surface area contributed by atoms with E-state index in [9.17, 15) is 28.3 Å². The average molecular weight is 668 g/mol. The molecular formula is C35H21ClF3N5O2S. The lowest BCUT2D eigenvalue weighted by Gasteiger charge is -2.13. The molecule has 0 radical (unpaired) electrons. The molecule has 0 aliphatic heterocycles. The lowest BCUT2D eigenvalue weighted by atomic mass is 10.1. The van der Waals surface area contributed by atoms with Gasteiger partial charge in [-0.25, -0.2) is 9.67 Å². The van der Waals surface area contributed by atoms with Gasteiger partial charge >= 0.3 is 6.18 Å². The van der Waals surface area contributed by atoms with Crippen LogP contribution in [0.4, 0.5) is 18.9 Å². The standard InChI is InChI=1S/C35H21ClF3N5O2S/c36-24-12-9-13-25(19-24)41-32(45)27(20-40)34-44(29-17-8-7-16-28(29)35(37,38)39)33(46)30(47-34)18-23-21-43(26-14-5-2-6-15-26)42-31(23)22-10-3-1-4-11-22/h1-19,21H,(H,41,45)/b30-18+,34-27-. The number of benzene rings is 4. The summed E-state index contributed by atoms with van der Waals surface area (Å²) in [7, 11) is 0. The van der Waals surface area contributed by atoms with Gasteiger partial charge in [-0.15, -0.1) is 11.3 Å². The molecule has 0 aliphatic rings. The molecule has 0 fully saturated rings. The van der Waals surface area contributed by atoms with Crippen LogP contribution in [0.15, 0.2) is 125 Å². The maximum Gasteiger partial charge on any atom is 0.418 e. The van der Waals surface area contributed by atoms with Gasteiger partial charge in [-0.1, -0.05) is 78.3 Å². The van der Waals surface area contributed by atoms with E-state index in [4.69, 9.17) is 16.7 Å². The minimum absolute atomic E-state index is 0.00919. The molecule has 7 nitrogen and oxygen atoms in total. The molecule has 0 amide bonds. The SMILES string of the molecule is N#C/C(C(O)=Nc1cccc(Cl)c1)=c1/s/c(=C/c2cn(-c3ccccc3)nc2-c2ccccc2)c(=O)n1-c1ccccc1C(F)(F)F. The number of thiazole rings is 1. The zero-order valence-electron chi connectivity index (χ0n) is 24.1. The van der Waals surface area contributed by atoms with Gasteiger partial charge in [0.05, 0.1) is 32.9 Å². The van der Waals surface area contributed by atoms with Crippen molar-refractivity contribution in [2.75, 3.05) is 0 Å². The molecule has 2 heterocycles. The highest BCUT2D eigenvalue weighted by atomic mass is 35.5. The van der Waals surface area contributed by atoms with Gasteiger partial charge < -0.3 is 5.11 Å². The number of aliphatic imine (C=N–C) groups is 1. The van der Waals surface area contributed by atoms with Crippen LogP contribution in [-0.4, -0.2) is 25.4 Å². The van der Waals surface area contributed by atoms with Gasteiger partial charge in [0, 0.05) is 22.3 Å². The number of aliphatic hydroxyl groups excluding tert-OH is 1. The van der Waals surface area contributed by atoms with E-state index in [0.717, 1.165) is 39.3 Å². The molecule has 0 saturated carbocycles. The van der Waals surface area contributed by atoms with Gasteiger partial charge in [-0.3, -0.25) is 9.36 Å². The average Bonchev–Trinajstić information content (AvgIpc) is 3.63. The Morgan fingerprint density at radius 1 is 0.957 bits per heavy atom. The van der Waals surface area contributed by atoms with Crippen LogP contribution in [-0.2, 0) is 6.18 Å². The molecule has 0 bridgehead atoms. The third-order valence-corrected chi connectivity index (χ3v) is 8.29. The molecule has 6 rings (SSSR count). The summed E-state index contributed by atoms with van der Waals surface area (Å²) in [6, 6.07) is 31.0. The van der Waals surface area contributed by atoms with E-state index in [1.807, 2.05) is 66.7 Å². The van der Waals surface area contributed by atoms with Crippen molar-refractivity contribution in [2.24, 2.45) is 4.99 Å². The zero-order valence-corrected chi connectivity index (χ0v) is 25.6. The molecule has 0 unspecified atom stereocenters. The van der Waals surface area contributed by atoms with E-state index < -0.39 is 34.5 Å². The van der Waals surface area contributed by atoms with E-state index in [2.05, 4.69) is 4.99 Å². The molecule has 4 aromatic carbocycles. The summed E-state index contributed by atoms with van der Waals surface area (Å²) in [5.74, 6) is -0.803. The van der Waals surface area contributed by atoms with Gasteiger partial charge in [0.15, 0.2) is 0 Å². The molecular weight excluding hydrogens is 647 g/mol. The van der Waals surface area contributed by atoms with E-state index in [-0.39, 0.29) is 14.9 Å². The summed E-state index contributed by atoms with van der Waals surface area (Å²) in [6.07, 6.45) is -1.62. The van der Waals surface area contributed by atoms with Crippen LogP contribution in [0.5, 0.6) is 0 Å². The normalized spacial score (nSPS) is 13.0. The van der Waals surface area contributed by atoms with Crippen molar-refractivity contribution in [3.05, 3.63) is 151 Å². The predicted octanol–water partition coefficient (Wildman–Crippen LogP) is 7.22. The molecule has 0 aliphatic carbocycles. The van der Waals surface area contributed by atoms with Crippen LogP contribution in [0.1, 0.15) is 11.1 Å². The first-order valence-electron chi connectivity index (χ1n) is 13.9. The Kier molecular flexibility index (Phi) is 8.63. The van der Waals surface area contributed by atoms with Crippen molar-refractivity contribution < 1.29 is 18.3 Å². The molecule has 0 saturated heterocycles. The number of hydrogen-bond acceptors (Lipinski definition) is 5. The number of aromatic nitrogens is 3. The predicted molar refractivity (Wildman–Crippen MR) is 177 cm³/mol. The number of rotatable bonds is 6. The smallest absolute Gasteiger partial charge is 0.418 e. The fraction of sp³-hybridized carbons (Fsp3) is 0.0286. The highest BCUT2D eigenvalue weighted by Gasteiger charge is 2.34. The Morgan fingerprint density at radius 3 is 2.32 bits per heavy atom. The zero-order chi connectivity index (χ0) is 33.1. The van der Waals surface area contributed by atoms with E-state index in [1.165, 1.54) is 30.3 Å². The fourth-order valence-electron chi connectivity index (χ4n) is 4.86. The Bertz CT molecular complexity index is 2360. The van der Waals surface area contributed by atoms with Crippen LogP contribution in [0.3, 0.4) is 0 Å². The molecule has 0 spiro atoms. The Balaban J connectivity index is 1.68. The monoisotopic (exact) mass is 667 g/mol. The lowest BCUT2D eigenvalue weighted by Crippen LogP contribution is -2.33. The maximum absolute atomic E-state index is 14.2. The molecule has 0 atom stereocenters. The first-order chi connectivity index (χ1) is 22.6. The number of nitriles is 1. The summed E-state index contributed by atoms with van der Waals surface area (Å²) in [6.45, 7) is 0. The van der Waals surface area contributed by atoms with Crippen LogP contribution >= 0.6 is 22.9 Å². The largest absolute Gasteiger partial charge is 0.492 e. The maximum atomic E-state index is 14.2. The summed E-state index contributed by atoms with van der Waals surface area (Å²) >= 11 is 6.78. The van der Waals surface area contributed by atoms with Crippen molar-refractivity contribution in [1.29, 1.82) is 5.26 Å². The van der Waals surface area contributed by atoms with E-state index in [0.29, 0.717) is 16.3 Å². The van der Waals surface area contributed by atoms with Crippen molar-refractivity contribution in [3.63, 3.8) is 0 Å². The topological polar surface area (TPSA) is 96.2 Å². The van der Waals surface area contributed by atoms with Gasteiger partial charge in [0.25, 0.3) is 5.56 Å². The van der Waals surface area contributed by atoms with Crippen molar-refractivity contribution >= 4 is 46.2 Å². The second-order valence-electron chi connectivity index (χ2n) is 10.1. The Labute approximate surface area is 274 Å². The number of halogens is 4. The second kappa shape index (κ2) is 13.0. The minimum Gasteiger partial charge on any atom is -0.492 e. The fourth-order valence-corrected chi connectivity index (χ4v) is 6.13. The van der Waals surface area contributed by atoms with Crippen molar-refractivity contribution in [1.82, 2.24) is 14.3 Å². The summed E-state index contributed by atoms with van der Waals surface area (Å²) in [5, 5.41) is 26.3. The number of hydrogen-bond donors (Lipinski definition) is 1. The van der Waals surface area contributed by atoms with Gasteiger partial charge in [0.2, 0.25) is 5.90 Å². The van der Waals surface area contributed by atoms with Gasteiger partial charge in [-0.05, 0) is 48.5 Å². The number of para-hydroxylation sites is 2. The number of nitrogens with zero attached hydrogens (tertiary/aromatic N) is 5. The van der Waals surface area contributed by atoms with Crippen molar-refractivity contribution in [2.45, 2.75) is 6.18 Å². The first-order valence-corrected chi connectivity index (χ1v) is 15.1. The lowest BCUT2D eigenvalue weighted by molar-refractivity contribution is -0.137. The van der Waals surface area contributed by atoms with Gasteiger partial charge in [0.1, 0.15) is 16.3 Å². The van der Waals surface area contributed by atoms with Crippen LogP contribution in [0.2, 0.25) is 5.02 Å². The summed E-state index contributed by atoms with van der Waals surface area (Å²) < 4.78 is 44.9. The number of aliphatic hydroxyl groups is 1. The van der Waals surface area contributed by atoms with Crippen LogP contribution < -0.4 is 14.8 Å². The third kappa shape index (κ3) is 6.51. The van der Waals surface area contributed by atoms with E-state index >= 15 is 0 Å². The molecule has 2 aromatic heterocycles. The highest BCUT2D eigenvalue weighted by molar-refractivity contribution is 7.07. The first kappa shape index (κ1) is 31.3. The van der Waals surface area contributed by atoms with Gasteiger partial charge in [-0.2, -0.15) is 23.5 Å². The van der Waals surface area contributed by atoms with Crippen LogP contribution in [0.25, 0.3) is 34.3 Å². The third-order valence-electron chi connectivity index (χ3n) is 6.96. The van der Waals surface area contributed by atoms with E-state index in [1.54, 1.807) is 23.0 Å². The quantitative estimate of drug-likeness (QED) is 0.150. The highest BCUT2D eigenvalue weighted by Crippen LogP contribution is 2.33. The van der Waals surface area contributed by atoms with Crippen molar-refractivity contribution in [3.8, 4) is 28.7 Å². The molecule has 232 valence electrons. The summed E-state index contributed by atoms with van der Waals surface area (Å²) in [5.41, 5.74) is -0.267. The molecule has 12 heteroatoms.